The fourth-order valence-corrected chi connectivity index (χ4v) is 4.15. The Labute approximate surface area is 176 Å². The van der Waals surface area contributed by atoms with Gasteiger partial charge in [0, 0.05) is 22.3 Å². The minimum atomic E-state index is -3.78. The molecule has 10 heteroatoms. The number of hydrogen-bond acceptors (Lipinski definition) is 6. The number of nitrogens with zero attached hydrogens (tertiary/aromatic N) is 2. The second-order valence-electron chi connectivity index (χ2n) is 5.64. The molecule has 29 heavy (non-hydrogen) atoms. The number of benzene rings is 2. The van der Waals surface area contributed by atoms with Gasteiger partial charge in [-0.2, -0.15) is 5.26 Å². The molecule has 0 radical (unpaired) electrons. The van der Waals surface area contributed by atoms with Gasteiger partial charge in [-0.1, -0.05) is 23.7 Å². The van der Waals surface area contributed by atoms with Crippen molar-refractivity contribution in [1.82, 2.24) is 4.98 Å². The van der Waals surface area contributed by atoms with Crippen LogP contribution in [0.4, 0.5) is 10.8 Å². The van der Waals surface area contributed by atoms with E-state index in [4.69, 9.17) is 11.6 Å². The average Bonchev–Trinajstić information content (AvgIpc) is 3.20. The largest absolute Gasteiger partial charge is 0.321 e. The van der Waals surface area contributed by atoms with E-state index in [1.807, 2.05) is 6.07 Å². The van der Waals surface area contributed by atoms with Gasteiger partial charge in [-0.25, -0.2) is 13.4 Å². The van der Waals surface area contributed by atoms with Crippen LogP contribution in [0.5, 0.6) is 0 Å². The molecule has 7 nitrogen and oxygen atoms in total. The number of thiazole rings is 1. The summed E-state index contributed by atoms with van der Waals surface area (Å²) in [6.45, 7) is 0. The number of rotatable bonds is 6. The molecule has 0 unspecified atom stereocenters. The number of carbonyl (C=O) groups is 1. The zero-order valence-electron chi connectivity index (χ0n) is 14.7. The number of hydrogen-bond donors (Lipinski definition) is 2. The van der Waals surface area contributed by atoms with Crippen molar-refractivity contribution in [3.8, 4) is 6.07 Å². The van der Waals surface area contributed by atoms with E-state index in [1.54, 1.807) is 29.6 Å². The van der Waals surface area contributed by atoms with Gasteiger partial charge in [0.15, 0.2) is 5.13 Å². The van der Waals surface area contributed by atoms with Crippen LogP contribution in [0.2, 0.25) is 5.02 Å². The Morgan fingerprint density at radius 1 is 1.14 bits per heavy atom. The third kappa shape index (κ3) is 5.42. The highest BCUT2D eigenvalue weighted by Gasteiger charge is 2.16. The summed E-state index contributed by atoms with van der Waals surface area (Å²) >= 11 is 6.98. The first-order chi connectivity index (χ1) is 13.9. The Morgan fingerprint density at radius 3 is 2.41 bits per heavy atom. The van der Waals surface area contributed by atoms with Crippen LogP contribution in [0.25, 0.3) is 6.08 Å². The number of anilines is 2. The van der Waals surface area contributed by atoms with Crippen molar-refractivity contribution in [3.63, 3.8) is 0 Å². The molecule has 0 spiro atoms. The molecule has 0 atom stereocenters. The summed E-state index contributed by atoms with van der Waals surface area (Å²) in [6.07, 6.45) is 2.92. The summed E-state index contributed by atoms with van der Waals surface area (Å²) in [6, 6.07) is 14.1. The molecule has 0 fully saturated rings. The monoisotopic (exact) mass is 444 g/mol. The van der Waals surface area contributed by atoms with Crippen molar-refractivity contribution in [3.05, 3.63) is 76.3 Å². The third-order valence-electron chi connectivity index (χ3n) is 3.62. The molecule has 0 aliphatic heterocycles. The molecular weight excluding hydrogens is 432 g/mol. The minimum Gasteiger partial charge on any atom is -0.321 e. The fraction of sp³-hybridized carbons (Fsp3) is 0. The number of halogens is 1. The van der Waals surface area contributed by atoms with E-state index >= 15 is 0 Å². The van der Waals surface area contributed by atoms with Crippen LogP contribution in [0.3, 0.4) is 0 Å². The summed E-state index contributed by atoms with van der Waals surface area (Å²) < 4.78 is 27.0. The lowest BCUT2D eigenvalue weighted by Gasteiger charge is -2.08. The maximum Gasteiger partial charge on any atom is 0.266 e. The van der Waals surface area contributed by atoms with Gasteiger partial charge in [-0.05, 0) is 48.0 Å². The van der Waals surface area contributed by atoms with E-state index in [1.165, 1.54) is 36.5 Å². The maximum absolute atomic E-state index is 12.3. The zero-order valence-corrected chi connectivity index (χ0v) is 17.1. The highest BCUT2D eigenvalue weighted by atomic mass is 35.5. The molecular formula is C19H13ClN4O3S2. The molecule has 2 N–H and O–H groups in total. The van der Waals surface area contributed by atoms with Crippen molar-refractivity contribution in [2.24, 2.45) is 0 Å². The molecule has 0 saturated heterocycles. The summed E-state index contributed by atoms with van der Waals surface area (Å²) in [4.78, 5) is 16.2. The molecule has 0 aliphatic rings. The summed E-state index contributed by atoms with van der Waals surface area (Å²) in [5.74, 6) is -0.612. The molecule has 0 aliphatic carbocycles. The smallest absolute Gasteiger partial charge is 0.266 e. The molecule has 1 amide bonds. The second kappa shape index (κ2) is 8.87. The fourth-order valence-electron chi connectivity index (χ4n) is 2.24. The topological polar surface area (TPSA) is 112 Å². The predicted molar refractivity (Wildman–Crippen MR) is 113 cm³/mol. The van der Waals surface area contributed by atoms with Crippen molar-refractivity contribution in [1.29, 1.82) is 5.26 Å². The number of nitrogens with one attached hydrogen (secondary N) is 2. The number of amides is 1. The van der Waals surface area contributed by atoms with E-state index in [0.717, 1.165) is 11.3 Å². The third-order valence-corrected chi connectivity index (χ3v) is 6.05. The van der Waals surface area contributed by atoms with Gasteiger partial charge in [-0.3, -0.25) is 9.52 Å². The Hall–Kier alpha value is -3.19. The van der Waals surface area contributed by atoms with Crippen LogP contribution in [0.1, 0.15) is 5.56 Å². The standard InChI is InChI=1S/C19H13ClN4O3S2/c20-15-3-1-13(2-4-15)11-14(12-21)18(25)23-16-5-7-17(8-6-16)29(26,27)24-19-22-9-10-28-19/h1-11H,(H,22,24)(H,23,25)/b14-11+. The first-order valence-electron chi connectivity index (χ1n) is 8.08. The van der Waals surface area contributed by atoms with Crippen LogP contribution < -0.4 is 10.0 Å². The highest BCUT2D eigenvalue weighted by Crippen LogP contribution is 2.20. The molecule has 3 rings (SSSR count). The van der Waals surface area contributed by atoms with E-state index in [2.05, 4.69) is 15.0 Å². The molecule has 0 saturated carbocycles. The first-order valence-corrected chi connectivity index (χ1v) is 10.8. The Morgan fingerprint density at radius 2 is 1.83 bits per heavy atom. The molecule has 146 valence electrons. The van der Waals surface area contributed by atoms with Gasteiger partial charge >= 0.3 is 0 Å². The van der Waals surface area contributed by atoms with Crippen LogP contribution in [-0.2, 0) is 14.8 Å². The second-order valence-corrected chi connectivity index (χ2v) is 8.66. The summed E-state index contributed by atoms with van der Waals surface area (Å²) in [5, 5.41) is 14.3. The Kier molecular flexibility index (Phi) is 6.29. The number of carbonyl (C=O) groups excluding carboxylic acids is 1. The van der Waals surface area contributed by atoms with Gasteiger partial charge in [0.25, 0.3) is 15.9 Å². The summed E-state index contributed by atoms with van der Waals surface area (Å²) in [7, 11) is -3.78. The van der Waals surface area contributed by atoms with Crippen molar-refractivity contribution in [2.45, 2.75) is 4.90 Å². The Bertz CT molecular complexity index is 1180. The van der Waals surface area contributed by atoms with Crippen LogP contribution in [0, 0.1) is 11.3 Å². The minimum absolute atomic E-state index is 0.0166. The zero-order chi connectivity index (χ0) is 20.9. The van der Waals surface area contributed by atoms with Crippen LogP contribution in [0.15, 0.2) is 70.6 Å². The lowest BCUT2D eigenvalue weighted by atomic mass is 10.1. The molecule has 2 aromatic carbocycles. The molecule has 1 heterocycles. The normalized spacial score (nSPS) is 11.5. The van der Waals surface area contributed by atoms with Crippen LogP contribution >= 0.6 is 22.9 Å². The number of nitriles is 1. The first kappa shape index (κ1) is 20.5. The molecule has 0 bridgehead atoms. The number of sulfonamides is 1. The molecule has 1 aromatic heterocycles. The van der Waals surface area contributed by atoms with Gasteiger partial charge in [-0.15, -0.1) is 11.3 Å². The van der Waals surface area contributed by atoms with E-state index in [0.29, 0.717) is 16.3 Å². The average molecular weight is 445 g/mol. The number of aromatic nitrogens is 1. The van der Waals surface area contributed by atoms with Crippen molar-refractivity contribution in [2.75, 3.05) is 10.0 Å². The maximum atomic E-state index is 12.3. The van der Waals surface area contributed by atoms with Crippen molar-refractivity contribution < 1.29 is 13.2 Å². The van der Waals surface area contributed by atoms with E-state index in [-0.39, 0.29) is 15.6 Å². The lowest BCUT2D eigenvalue weighted by molar-refractivity contribution is -0.112. The van der Waals surface area contributed by atoms with Gasteiger partial charge in [0.05, 0.1) is 4.90 Å². The predicted octanol–water partition coefficient (Wildman–Crippen LogP) is 4.14. The quantitative estimate of drug-likeness (QED) is 0.438. The van der Waals surface area contributed by atoms with Gasteiger partial charge < -0.3 is 5.32 Å². The van der Waals surface area contributed by atoms with Gasteiger partial charge in [0.2, 0.25) is 0 Å². The Balaban J connectivity index is 1.72. The van der Waals surface area contributed by atoms with Gasteiger partial charge in [0.1, 0.15) is 11.6 Å². The summed E-state index contributed by atoms with van der Waals surface area (Å²) in [5.41, 5.74) is 0.894. The molecule has 3 aromatic rings. The van der Waals surface area contributed by atoms with Crippen LogP contribution in [-0.4, -0.2) is 19.3 Å². The van der Waals surface area contributed by atoms with E-state index in [9.17, 15) is 18.5 Å². The van der Waals surface area contributed by atoms with E-state index < -0.39 is 15.9 Å². The van der Waals surface area contributed by atoms with Crippen molar-refractivity contribution >= 4 is 55.8 Å². The highest BCUT2D eigenvalue weighted by molar-refractivity contribution is 7.93. The lowest BCUT2D eigenvalue weighted by Crippen LogP contribution is -2.15. The SMILES string of the molecule is N#C/C(=C\c1ccc(Cl)cc1)C(=O)Nc1ccc(S(=O)(=O)Nc2nccs2)cc1.